The average molecular weight is 395 g/mol. The van der Waals surface area contributed by atoms with Crippen LogP contribution in [0.1, 0.15) is 18.1 Å². The lowest BCUT2D eigenvalue weighted by Crippen LogP contribution is -2.42. The van der Waals surface area contributed by atoms with Crippen molar-refractivity contribution >= 4 is 23.5 Å². The van der Waals surface area contributed by atoms with Gasteiger partial charge >= 0.3 is 6.03 Å². The molecule has 0 spiro atoms. The molecule has 2 aromatic carbocycles. The van der Waals surface area contributed by atoms with Crippen molar-refractivity contribution < 1.29 is 23.9 Å². The van der Waals surface area contributed by atoms with E-state index < -0.39 is 23.4 Å². The molecule has 0 aliphatic carbocycles. The number of carbonyl (C=O) groups excluding carboxylic acids is 3. The van der Waals surface area contributed by atoms with Crippen molar-refractivity contribution in [1.82, 2.24) is 10.2 Å². The van der Waals surface area contributed by atoms with Gasteiger partial charge < -0.3 is 20.1 Å². The number of benzene rings is 2. The van der Waals surface area contributed by atoms with Crippen LogP contribution in [0.3, 0.4) is 0 Å². The highest BCUT2D eigenvalue weighted by atomic mass is 16.6. The number of urea groups is 1. The van der Waals surface area contributed by atoms with Crippen molar-refractivity contribution in [3.63, 3.8) is 0 Å². The number of imide groups is 1. The van der Waals surface area contributed by atoms with E-state index in [1.807, 2.05) is 19.1 Å². The highest BCUT2D eigenvalue weighted by Crippen LogP contribution is 2.36. The van der Waals surface area contributed by atoms with E-state index in [-0.39, 0.29) is 6.54 Å². The molecule has 0 radical (unpaired) electrons. The maximum absolute atomic E-state index is 13.1. The Morgan fingerprint density at radius 2 is 1.86 bits per heavy atom. The molecule has 2 N–H and O–H groups in total. The van der Waals surface area contributed by atoms with E-state index in [0.717, 1.165) is 10.5 Å². The fraction of sp³-hybridized carbons (Fsp3) is 0.286. The number of nitrogens with zero attached hydrogens (tertiary/aromatic N) is 1. The largest absolute Gasteiger partial charge is 0.486 e. The summed E-state index contributed by atoms with van der Waals surface area (Å²) in [5.74, 6) is 0.163. The molecule has 2 aliphatic rings. The highest BCUT2D eigenvalue weighted by molar-refractivity contribution is 6.10. The zero-order chi connectivity index (χ0) is 20.6. The highest BCUT2D eigenvalue weighted by Gasteiger charge is 2.49. The van der Waals surface area contributed by atoms with Crippen molar-refractivity contribution in [2.45, 2.75) is 19.4 Å². The Hall–Kier alpha value is -3.55. The van der Waals surface area contributed by atoms with Gasteiger partial charge in [-0.1, -0.05) is 24.3 Å². The zero-order valence-electron chi connectivity index (χ0n) is 16.2. The molecule has 1 atom stereocenters. The van der Waals surface area contributed by atoms with E-state index in [2.05, 4.69) is 10.6 Å². The van der Waals surface area contributed by atoms with Gasteiger partial charge in [0.2, 0.25) is 5.91 Å². The summed E-state index contributed by atoms with van der Waals surface area (Å²) in [6, 6.07) is 11.8. The first kappa shape index (κ1) is 18.8. The number of hydrogen-bond donors (Lipinski definition) is 2. The standard InChI is InChI=1S/C21H21N3O5/c1-13-5-3-4-6-15(13)22-18(25)12-24-19(26)21(2,23-20(24)27)14-7-8-16-17(11-14)29-10-9-28-16/h3-8,11H,9-10,12H2,1-2H3,(H,22,25)(H,23,27). The second-order valence-corrected chi connectivity index (χ2v) is 7.17. The maximum Gasteiger partial charge on any atom is 0.325 e. The van der Waals surface area contributed by atoms with Crippen LogP contribution in [-0.2, 0) is 15.1 Å². The Bertz CT molecular complexity index is 1010. The summed E-state index contributed by atoms with van der Waals surface area (Å²) >= 11 is 0. The third kappa shape index (κ3) is 3.37. The van der Waals surface area contributed by atoms with Crippen LogP contribution in [-0.4, -0.2) is 42.5 Å². The number of hydrogen-bond acceptors (Lipinski definition) is 5. The van der Waals surface area contributed by atoms with E-state index in [1.54, 1.807) is 37.3 Å². The van der Waals surface area contributed by atoms with Crippen molar-refractivity contribution in [2.75, 3.05) is 25.1 Å². The van der Waals surface area contributed by atoms with Crippen LogP contribution in [0, 0.1) is 6.92 Å². The van der Waals surface area contributed by atoms with Gasteiger partial charge in [0, 0.05) is 5.69 Å². The summed E-state index contributed by atoms with van der Waals surface area (Å²) in [7, 11) is 0. The Balaban J connectivity index is 1.52. The van der Waals surface area contributed by atoms with Crippen molar-refractivity contribution in [3.8, 4) is 11.5 Å². The molecule has 4 amide bonds. The normalized spacial score (nSPS) is 20.4. The van der Waals surface area contributed by atoms with Crippen molar-refractivity contribution in [1.29, 1.82) is 0 Å². The summed E-state index contributed by atoms with van der Waals surface area (Å²) in [5.41, 5.74) is 0.788. The lowest BCUT2D eigenvalue weighted by molar-refractivity contribution is -0.133. The van der Waals surface area contributed by atoms with Crippen LogP contribution < -0.4 is 20.1 Å². The molecule has 150 valence electrons. The summed E-state index contributed by atoms with van der Waals surface area (Å²) < 4.78 is 11.1. The van der Waals surface area contributed by atoms with E-state index >= 15 is 0 Å². The number of anilines is 1. The third-order valence-electron chi connectivity index (χ3n) is 5.12. The van der Waals surface area contributed by atoms with E-state index in [4.69, 9.17) is 9.47 Å². The third-order valence-corrected chi connectivity index (χ3v) is 5.12. The molecule has 0 aromatic heterocycles. The van der Waals surface area contributed by atoms with Crippen molar-refractivity contribution in [2.24, 2.45) is 0 Å². The van der Waals surface area contributed by atoms with Crippen LogP contribution in [0.4, 0.5) is 10.5 Å². The lowest BCUT2D eigenvalue weighted by Gasteiger charge is -2.25. The molecule has 1 fully saturated rings. The molecule has 1 unspecified atom stereocenters. The number of aryl methyl sites for hydroxylation is 1. The average Bonchev–Trinajstić information content (AvgIpc) is 2.93. The molecule has 2 aromatic rings. The smallest absolute Gasteiger partial charge is 0.325 e. The molecule has 2 aliphatic heterocycles. The zero-order valence-corrected chi connectivity index (χ0v) is 16.2. The monoisotopic (exact) mass is 395 g/mol. The number of carbonyl (C=O) groups is 3. The van der Waals surface area contributed by atoms with Gasteiger partial charge in [-0.05, 0) is 43.2 Å². The minimum atomic E-state index is -1.30. The van der Waals surface area contributed by atoms with Crippen LogP contribution in [0.5, 0.6) is 11.5 Å². The van der Waals surface area contributed by atoms with E-state index in [1.165, 1.54) is 0 Å². The fourth-order valence-electron chi connectivity index (χ4n) is 3.44. The van der Waals surface area contributed by atoms with Crippen LogP contribution in [0.15, 0.2) is 42.5 Å². The molecule has 4 rings (SSSR count). The predicted molar refractivity (Wildman–Crippen MR) is 105 cm³/mol. The van der Waals surface area contributed by atoms with Crippen LogP contribution in [0.25, 0.3) is 0 Å². The number of nitrogens with one attached hydrogen (secondary N) is 2. The summed E-state index contributed by atoms with van der Waals surface area (Å²) in [4.78, 5) is 38.9. The summed E-state index contributed by atoms with van der Waals surface area (Å²) in [5, 5.41) is 5.43. The van der Waals surface area contributed by atoms with Gasteiger partial charge in [-0.3, -0.25) is 14.5 Å². The first-order valence-corrected chi connectivity index (χ1v) is 9.28. The minimum absolute atomic E-state index is 0.376. The van der Waals surface area contributed by atoms with Gasteiger partial charge in [-0.25, -0.2) is 4.79 Å². The first-order chi connectivity index (χ1) is 13.9. The number of para-hydroxylation sites is 1. The Kier molecular flexibility index (Phi) is 4.62. The van der Waals surface area contributed by atoms with Crippen LogP contribution >= 0.6 is 0 Å². The molecule has 29 heavy (non-hydrogen) atoms. The topological polar surface area (TPSA) is 97.0 Å². The molecule has 2 heterocycles. The minimum Gasteiger partial charge on any atom is -0.486 e. The van der Waals surface area contributed by atoms with Gasteiger partial charge in [0.25, 0.3) is 5.91 Å². The molecular weight excluding hydrogens is 374 g/mol. The first-order valence-electron chi connectivity index (χ1n) is 9.28. The Labute approximate surface area is 167 Å². The molecule has 8 heteroatoms. The Morgan fingerprint density at radius 3 is 2.62 bits per heavy atom. The van der Waals surface area contributed by atoms with Crippen molar-refractivity contribution in [3.05, 3.63) is 53.6 Å². The molecule has 0 saturated carbocycles. The molecule has 8 nitrogen and oxygen atoms in total. The van der Waals surface area contributed by atoms with Gasteiger partial charge in [-0.15, -0.1) is 0 Å². The molecular formula is C21H21N3O5. The second-order valence-electron chi connectivity index (χ2n) is 7.17. The second kappa shape index (κ2) is 7.12. The number of ether oxygens (including phenoxy) is 2. The van der Waals surface area contributed by atoms with E-state index in [9.17, 15) is 14.4 Å². The Morgan fingerprint density at radius 1 is 1.14 bits per heavy atom. The van der Waals surface area contributed by atoms with E-state index in [0.29, 0.717) is 36.0 Å². The van der Waals surface area contributed by atoms with Gasteiger partial charge in [0.15, 0.2) is 11.5 Å². The molecule has 0 bridgehead atoms. The SMILES string of the molecule is Cc1ccccc1NC(=O)CN1C(=O)NC(C)(c2ccc3c(c2)OCCO3)C1=O. The number of fused-ring (bicyclic) bond motifs is 1. The number of amides is 4. The van der Waals surface area contributed by atoms with Gasteiger partial charge in [0.1, 0.15) is 25.3 Å². The number of rotatable bonds is 4. The quantitative estimate of drug-likeness (QED) is 0.774. The maximum atomic E-state index is 13.1. The lowest BCUT2D eigenvalue weighted by atomic mass is 9.91. The fourth-order valence-corrected chi connectivity index (χ4v) is 3.44. The van der Waals surface area contributed by atoms with Gasteiger partial charge in [-0.2, -0.15) is 0 Å². The van der Waals surface area contributed by atoms with Crippen LogP contribution in [0.2, 0.25) is 0 Å². The van der Waals surface area contributed by atoms with Gasteiger partial charge in [0.05, 0.1) is 0 Å². The molecule has 1 saturated heterocycles. The summed E-state index contributed by atoms with van der Waals surface area (Å²) in [6.45, 7) is 3.97. The summed E-state index contributed by atoms with van der Waals surface area (Å²) in [6.07, 6.45) is 0. The predicted octanol–water partition coefficient (Wildman–Crippen LogP) is 2.17.